The first kappa shape index (κ1) is 19.7. The molecular formula is C27H38O2. The molecule has 4 aliphatic rings. The Morgan fingerprint density at radius 1 is 0.931 bits per heavy atom. The summed E-state index contributed by atoms with van der Waals surface area (Å²) in [6, 6.07) is 8.26. The molecule has 158 valence electrons. The second-order valence-corrected chi connectivity index (χ2v) is 11.0. The van der Waals surface area contributed by atoms with Gasteiger partial charge in [0.25, 0.3) is 0 Å². The maximum absolute atomic E-state index is 11.4. The van der Waals surface area contributed by atoms with E-state index in [2.05, 4.69) is 32.1 Å². The van der Waals surface area contributed by atoms with Crippen molar-refractivity contribution in [1.29, 1.82) is 0 Å². The normalized spacial score (nSPS) is 45.4. The van der Waals surface area contributed by atoms with Crippen LogP contribution in [0.15, 0.2) is 29.8 Å². The molecule has 29 heavy (non-hydrogen) atoms. The molecule has 1 N–H and O–H groups in total. The zero-order valence-corrected chi connectivity index (χ0v) is 18.5. The van der Waals surface area contributed by atoms with Crippen LogP contribution in [0.4, 0.5) is 0 Å². The molecule has 1 aromatic carbocycles. The van der Waals surface area contributed by atoms with Gasteiger partial charge in [-0.2, -0.15) is 0 Å². The molecule has 0 spiro atoms. The van der Waals surface area contributed by atoms with Gasteiger partial charge >= 0.3 is 0 Å². The molecule has 1 aromatic rings. The lowest BCUT2D eigenvalue weighted by Gasteiger charge is -2.60. The van der Waals surface area contributed by atoms with E-state index in [0.717, 1.165) is 29.9 Å². The van der Waals surface area contributed by atoms with Crippen molar-refractivity contribution < 1.29 is 9.84 Å². The fourth-order valence-corrected chi connectivity index (χ4v) is 8.21. The van der Waals surface area contributed by atoms with Gasteiger partial charge in [0.2, 0.25) is 0 Å². The molecule has 2 nitrogen and oxygen atoms in total. The predicted molar refractivity (Wildman–Crippen MR) is 119 cm³/mol. The second kappa shape index (κ2) is 7.15. The standard InChI is InChI=1S/C27H38O2/c1-26-14-5-4-6-20(26)9-12-22-23(26)13-15-27(2)24(22)17-19(25(27)28)16-18-7-10-21(29-3)11-8-18/h7-8,10-11,16,20,22-25,28H,4-6,9,12-15,17H2,1-3H3/b19-16+/t20?,22?,23?,24?,25?,26-,27-/m0/s1. The first-order valence-electron chi connectivity index (χ1n) is 12.0. The smallest absolute Gasteiger partial charge is 0.118 e. The largest absolute Gasteiger partial charge is 0.497 e. The van der Waals surface area contributed by atoms with E-state index >= 15 is 0 Å². The van der Waals surface area contributed by atoms with Gasteiger partial charge in [0.1, 0.15) is 5.75 Å². The highest BCUT2D eigenvalue weighted by Crippen LogP contribution is 2.67. The van der Waals surface area contributed by atoms with Crippen LogP contribution < -0.4 is 4.74 Å². The van der Waals surface area contributed by atoms with Crippen molar-refractivity contribution >= 4 is 6.08 Å². The Morgan fingerprint density at radius 2 is 1.72 bits per heavy atom. The number of ether oxygens (including phenoxy) is 1. The highest BCUT2D eigenvalue weighted by Gasteiger charge is 2.60. The third-order valence-corrected chi connectivity index (χ3v) is 9.92. The Bertz CT molecular complexity index is 780. The summed E-state index contributed by atoms with van der Waals surface area (Å²) in [6.07, 6.45) is 14.2. The Labute approximate surface area is 176 Å². The first-order chi connectivity index (χ1) is 14.0. The molecule has 0 aromatic heterocycles. The minimum absolute atomic E-state index is 0.0668. The molecule has 5 unspecified atom stereocenters. The molecule has 4 saturated carbocycles. The molecule has 4 fully saturated rings. The van der Waals surface area contributed by atoms with E-state index in [0.29, 0.717) is 11.3 Å². The van der Waals surface area contributed by atoms with Crippen LogP contribution in [-0.2, 0) is 0 Å². The average Bonchev–Trinajstić information content (AvgIpc) is 2.99. The quantitative estimate of drug-likeness (QED) is 0.622. The lowest BCUT2D eigenvalue weighted by atomic mass is 9.45. The molecule has 0 heterocycles. The van der Waals surface area contributed by atoms with E-state index in [9.17, 15) is 5.11 Å². The summed E-state index contributed by atoms with van der Waals surface area (Å²) in [4.78, 5) is 0. The number of hydrogen-bond donors (Lipinski definition) is 1. The summed E-state index contributed by atoms with van der Waals surface area (Å²) < 4.78 is 5.30. The number of aliphatic hydroxyl groups is 1. The minimum Gasteiger partial charge on any atom is -0.497 e. The molecule has 2 heteroatoms. The van der Waals surface area contributed by atoms with E-state index in [1.807, 2.05) is 12.1 Å². The Hall–Kier alpha value is -1.28. The van der Waals surface area contributed by atoms with Gasteiger partial charge in [-0.25, -0.2) is 0 Å². The van der Waals surface area contributed by atoms with Crippen LogP contribution in [-0.4, -0.2) is 18.3 Å². The van der Waals surface area contributed by atoms with Crippen molar-refractivity contribution in [2.24, 2.45) is 34.5 Å². The third-order valence-electron chi connectivity index (χ3n) is 9.92. The van der Waals surface area contributed by atoms with Gasteiger partial charge in [-0.1, -0.05) is 44.9 Å². The Morgan fingerprint density at radius 3 is 2.48 bits per heavy atom. The number of methoxy groups -OCH3 is 1. The molecule has 0 bridgehead atoms. The predicted octanol–water partition coefficient (Wildman–Crippen LogP) is 6.48. The number of aliphatic hydroxyl groups excluding tert-OH is 1. The van der Waals surface area contributed by atoms with Gasteiger partial charge in [0, 0.05) is 5.41 Å². The fraction of sp³-hybridized carbons (Fsp3) is 0.704. The maximum Gasteiger partial charge on any atom is 0.118 e. The summed E-state index contributed by atoms with van der Waals surface area (Å²) in [5.74, 6) is 4.19. The lowest BCUT2D eigenvalue weighted by molar-refractivity contribution is -0.119. The van der Waals surface area contributed by atoms with Gasteiger partial charge in [0.15, 0.2) is 0 Å². The van der Waals surface area contributed by atoms with Crippen molar-refractivity contribution in [3.63, 3.8) is 0 Å². The molecule has 4 aliphatic carbocycles. The molecule has 0 aliphatic heterocycles. The SMILES string of the molecule is COc1ccc(/C=C2\CC3C4CCC5CCCC[C@]5(C)C4CC[C@]3(C)C2O)cc1. The van der Waals surface area contributed by atoms with Crippen LogP contribution in [0.3, 0.4) is 0 Å². The zero-order valence-electron chi connectivity index (χ0n) is 18.5. The number of hydrogen-bond acceptors (Lipinski definition) is 2. The maximum atomic E-state index is 11.4. The van der Waals surface area contributed by atoms with Gasteiger partial charge in [0.05, 0.1) is 13.2 Å². The van der Waals surface area contributed by atoms with Crippen LogP contribution >= 0.6 is 0 Å². The van der Waals surface area contributed by atoms with Crippen molar-refractivity contribution in [3.05, 3.63) is 35.4 Å². The summed E-state index contributed by atoms with van der Waals surface area (Å²) in [5.41, 5.74) is 3.08. The highest BCUT2D eigenvalue weighted by molar-refractivity contribution is 5.56. The van der Waals surface area contributed by atoms with Gasteiger partial charge < -0.3 is 9.84 Å². The van der Waals surface area contributed by atoms with E-state index in [1.54, 1.807) is 7.11 Å². The van der Waals surface area contributed by atoms with E-state index in [1.165, 1.54) is 62.5 Å². The minimum atomic E-state index is -0.285. The molecule has 0 saturated heterocycles. The fourth-order valence-electron chi connectivity index (χ4n) is 8.21. The van der Waals surface area contributed by atoms with E-state index in [4.69, 9.17) is 4.74 Å². The van der Waals surface area contributed by atoms with Crippen molar-refractivity contribution in [1.82, 2.24) is 0 Å². The van der Waals surface area contributed by atoms with Crippen LogP contribution in [0.1, 0.15) is 77.2 Å². The van der Waals surface area contributed by atoms with Crippen molar-refractivity contribution in [3.8, 4) is 5.75 Å². The lowest BCUT2D eigenvalue weighted by Crippen LogP contribution is -2.53. The van der Waals surface area contributed by atoms with Crippen LogP contribution in [0.25, 0.3) is 6.08 Å². The monoisotopic (exact) mass is 394 g/mol. The zero-order chi connectivity index (χ0) is 20.2. The Balaban J connectivity index is 1.43. The second-order valence-electron chi connectivity index (χ2n) is 11.0. The van der Waals surface area contributed by atoms with Crippen molar-refractivity contribution in [2.75, 3.05) is 7.11 Å². The van der Waals surface area contributed by atoms with E-state index in [-0.39, 0.29) is 11.5 Å². The van der Waals surface area contributed by atoms with E-state index < -0.39 is 0 Å². The van der Waals surface area contributed by atoms with Crippen LogP contribution in [0, 0.1) is 34.5 Å². The molecule has 5 rings (SSSR count). The summed E-state index contributed by atoms with van der Waals surface area (Å²) in [6.45, 7) is 5.03. The van der Waals surface area contributed by atoms with Crippen LogP contribution in [0.5, 0.6) is 5.75 Å². The molecule has 0 radical (unpaired) electrons. The average molecular weight is 395 g/mol. The first-order valence-corrected chi connectivity index (χ1v) is 12.0. The number of rotatable bonds is 2. The summed E-state index contributed by atoms with van der Waals surface area (Å²) in [7, 11) is 1.71. The molecular weight excluding hydrogens is 356 g/mol. The van der Waals surface area contributed by atoms with Gasteiger partial charge in [-0.15, -0.1) is 0 Å². The molecule has 7 atom stereocenters. The number of benzene rings is 1. The summed E-state index contributed by atoms with van der Waals surface area (Å²) in [5, 5.41) is 11.4. The Kier molecular flexibility index (Phi) is 4.85. The van der Waals surface area contributed by atoms with Gasteiger partial charge in [-0.05, 0) is 97.3 Å². The van der Waals surface area contributed by atoms with Gasteiger partial charge in [-0.3, -0.25) is 0 Å². The van der Waals surface area contributed by atoms with Crippen LogP contribution in [0.2, 0.25) is 0 Å². The number of fused-ring (bicyclic) bond motifs is 5. The summed E-state index contributed by atoms with van der Waals surface area (Å²) >= 11 is 0. The van der Waals surface area contributed by atoms with Crippen molar-refractivity contribution in [2.45, 2.75) is 77.7 Å². The topological polar surface area (TPSA) is 29.5 Å². The highest BCUT2D eigenvalue weighted by atomic mass is 16.5. The molecule has 0 amide bonds. The third kappa shape index (κ3) is 3.00.